The topological polar surface area (TPSA) is 58.2 Å². The first-order valence-electron chi connectivity index (χ1n) is 8.95. The average Bonchev–Trinajstić information content (AvgIpc) is 3.18. The molecule has 4 nitrogen and oxygen atoms in total. The Labute approximate surface area is 168 Å². The van der Waals surface area contributed by atoms with Crippen molar-refractivity contribution in [1.29, 1.82) is 0 Å². The zero-order valence-electron chi connectivity index (χ0n) is 16.1. The number of carbonyl (C=O) groups excluding carboxylic acids is 2. The molecule has 142 valence electrons. The van der Waals surface area contributed by atoms with Gasteiger partial charge in [0.2, 0.25) is 0 Å². The van der Waals surface area contributed by atoms with Crippen molar-refractivity contribution in [2.45, 2.75) is 20.8 Å². The Kier molecular flexibility index (Phi) is 6.06. The van der Waals surface area contributed by atoms with Crippen molar-refractivity contribution in [1.82, 2.24) is 5.32 Å². The molecule has 0 aliphatic heterocycles. The minimum atomic E-state index is -0.357. The number of hydrogen-bond donors (Lipinski definition) is 2. The van der Waals surface area contributed by atoms with Crippen LogP contribution < -0.4 is 10.6 Å². The van der Waals surface area contributed by atoms with Gasteiger partial charge in [-0.2, -0.15) is 0 Å². The summed E-state index contributed by atoms with van der Waals surface area (Å²) in [6, 6.07) is 16.8. The van der Waals surface area contributed by atoms with E-state index in [4.69, 9.17) is 0 Å². The molecule has 0 saturated carbocycles. The molecule has 0 fully saturated rings. The van der Waals surface area contributed by atoms with Crippen LogP contribution in [0.3, 0.4) is 0 Å². The molecule has 0 unspecified atom stereocenters. The molecule has 2 aromatic carbocycles. The summed E-state index contributed by atoms with van der Waals surface area (Å²) in [5.41, 5.74) is 4.41. The van der Waals surface area contributed by atoms with Gasteiger partial charge in [0.25, 0.3) is 11.8 Å². The number of thiophene rings is 1. The molecular weight excluding hydrogens is 368 g/mol. The van der Waals surface area contributed by atoms with Gasteiger partial charge in [-0.05, 0) is 67.1 Å². The molecule has 1 heterocycles. The van der Waals surface area contributed by atoms with Gasteiger partial charge in [-0.1, -0.05) is 36.4 Å². The van der Waals surface area contributed by atoms with Gasteiger partial charge in [0.05, 0.1) is 0 Å². The lowest BCUT2D eigenvalue weighted by Gasteiger charge is -2.14. The number of rotatable bonds is 5. The molecule has 3 rings (SSSR count). The molecule has 2 N–H and O–H groups in total. The Hall–Kier alpha value is -3.18. The minimum absolute atomic E-state index is 0.205. The van der Waals surface area contributed by atoms with Crippen molar-refractivity contribution in [3.8, 4) is 0 Å². The second-order valence-corrected chi connectivity index (χ2v) is 7.52. The van der Waals surface area contributed by atoms with Crippen LogP contribution in [0.4, 0.5) is 5.69 Å². The van der Waals surface area contributed by atoms with Gasteiger partial charge >= 0.3 is 0 Å². The molecule has 0 aliphatic rings. The van der Waals surface area contributed by atoms with E-state index in [1.54, 1.807) is 18.2 Å². The van der Waals surface area contributed by atoms with E-state index in [-0.39, 0.29) is 17.5 Å². The smallest absolute Gasteiger partial charge is 0.272 e. The van der Waals surface area contributed by atoms with E-state index < -0.39 is 0 Å². The summed E-state index contributed by atoms with van der Waals surface area (Å²) in [6.45, 7) is 5.82. The van der Waals surface area contributed by atoms with E-state index in [1.807, 2.05) is 68.6 Å². The Morgan fingerprint density at radius 1 is 0.893 bits per heavy atom. The van der Waals surface area contributed by atoms with Crippen LogP contribution >= 0.6 is 11.3 Å². The van der Waals surface area contributed by atoms with E-state index in [0.29, 0.717) is 5.56 Å². The quantitative estimate of drug-likeness (QED) is 0.597. The zero-order chi connectivity index (χ0) is 20.1. The lowest BCUT2D eigenvalue weighted by Crippen LogP contribution is -2.31. The number of hydrogen-bond acceptors (Lipinski definition) is 3. The maximum absolute atomic E-state index is 13.0. The van der Waals surface area contributed by atoms with Crippen LogP contribution in [0, 0.1) is 20.8 Å². The fourth-order valence-electron chi connectivity index (χ4n) is 2.77. The molecule has 0 saturated heterocycles. The maximum Gasteiger partial charge on any atom is 0.272 e. The Balaban J connectivity index is 1.89. The lowest BCUT2D eigenvalue weighted by molar-refractivity contribution is -0.113. The highest BCUT2D eigenvalue weighted by atomic mass is 32.1. The van der Waals surface area contributed by atoms with E-state index >= 15 is 0 Å². The zero-order valence-corrected chi connectivity index (χ0v) is 16.9. The number of benzene rings is 2. The first-order valence-corrected chi connectivity index (χ1v) is 9.83. The Bertz CT molecular complexity index is 1040. The highest BCUT2D eigenvalue weighted by molar-refractivity contribution is 7.10. The van der Waals surface area contributed by atoms with Crippen molar-refractivity contribution < 1.29 is 9.59 Å². The summed E-state index contributed by atoms with van der Waals surface area (Å²) in [5.74, 6) is -0.666. The summed E-state index contributed by atoms with van der Waals surface area (Å²) in [4.78, 5) is 26.6. The summed E-state index contributed by atoms with van der Waals surface area (Å²) in [7, 11) is 0. The highest BCUT2D eigenvalue weighted by Gasteiger charge is 2.17. The molecule has 2 amide bonds. The van der Waals surface area contributed by atoms with Gasteiger partial charge in [-0.15, -0.1) is 11.3 Å². The third-order valence-corrected chi connectivity index (χ3v) is 5.38. The Morgan fingerprint density at radius 3 is 2.36 bits per heavy atom. The maximum atomic E-state index is 13.0. The third-order valence-electron chi connectivity index (χ3n) is 4.57. The molecule has 0 radical (unpaired) electrons. The van der Waals surface area contributed by atoms with Gasteiger partial charge in [-0.3, -0.25) is 9.59 Å². The standard InChI is InChI=1S/C23H22N2O2S/c1-15-9-6-12-20(17(15)3)24-23(27)21(14-18-10-7-13-28-18)25-22(26)19-11-5-4-8-16(19)2/h4-14H,1-3H3,(H,24,27)(H,25,26)/b21-14-. The molecule has 0 spiro atoms. The average molecular weight is 391 g/mol. The predicted octanol–water partition coefficient (Wildman–Crippen LogP) is 5.08. The van der Waals surface area contributed by atoms with Gasteiger partial charge in [-0.25, -0.2) is 0 Å². The van der Waals surface area contributed by atoms with E-state index in [0.717, 1.165) is 27.3 Å². The fraction of sp³-hybridized carbons (Fsp3) is 0.130. The first kappa shape index (κ1) is 19.6. The third kappa shape index (κ3) is 4.56. The number of nitrogens with one attached hydrogen (secondary N) is 2. The normalized spacial score (nSPS) is 11.2. The molecule has 28 heavy (non-hydrogen) atoms. The van der Waals surface area contributed by atoms with Crippen LogP contribution in [-0.2, 0) is 4.79 Å². The number of amides is 2. The number of aryl methyl sites for hydroxylation is 2. The van der Waals surface area contributed by atoms with Crippen LogP contribution in [0.2, 0.25) is 0 Å². The molecule has 5 heteroatoms. The van der Waals surface area contributed by atoms with Crippen molar-refractivity contribution in [3.63, 3.8) is 0 Å². The number of carbonyl (C=O) groups is 2. The molecule has 1 aromatic heterocycles. The van der Waals surface area contributed by atoms with Crippen molar-refractivity contribution in [2.24, 2.45) is 0 Å². The number of anilines is 1. The van der Waals surface area contributed by atoms with Gasteiger partial charge in [0.1, 0.15) is 5.70 Å². The SMILES string of the molecule is Cc1ccccc1C(=O)N/C(=C\c1cccs1)C(=O)Nc1cccc(C)c1C. The van der Waals surface area contributed by atoms with Crippen molar-refractivity contribution in [2.75, 3.05) is 5.32 Å². The Morgan fingerprint density at radius 2 is 1.64 bits per heavy atom. The van der Waals surface area contributed by atoms with Crippen molar-refractivity contribution >= 4 is 34.9 Å². The largest absolute Gasteiger partial charge is 0.320 e. The second kappa shape index (κ2) is 8.67. The highest BCUT2D eigenvalue weighted by Crippen LogP contribution is 2.20. The van der Waals surface area contributed by atoms with E-state index in [1.165, 1.54) is 11.3 Å². The van der Waals surface area contributed by atoms with Gasteiger partial charge in [0, 0.05) is 16.1 Å². The first-order chi connectivity index (χ1) is 13.5. The summed E-state index contributed by atoms with van der Waals surface area (Å²) >= 11 is 1.50. The van der Waals surface area contributed by atoms with Gasteiger partial charge in [0.15, 0.2) is 0 Å². The van der Waals surface area contributed by atoms with Crippen LogP contribution in [0.1, 0.15) is 31.9 Å². The van der Waals surface area contributed by atoms with E-state index in [2.05, 4.69) is 10.6 Å². The summed E-state index contributed by atoms with van der Waals surface area (Å²) in [6.07, 6.45) is 1.70. The molecule has 0 atom stereocenters. The second-order valence-electron chi connectivity index (χ2n) is 6.54. The molecule has 0 aliphatic carbocycles. The lowest BCUT2D eigenvalue weighted by atomic mass is 10.1. The predicted molar refractivity (Wildman–Crippen MR) is 115 cm³/mol. The van der Waals surface area contributed by atoms with Crippen LogP contribution in [0.25, 0.3) is 6.08 Å². The summed E-state index contributed by atoms with van der Waals surface area (Å²) in [5, 5.41) is 7.63. The van der Waals surface area contributed by atoms with E-state index in [9.17, 15) is 9.59 Å². The monoisotopic (exact) mass is 390 g/mol. The molecular formula is C23H22N2O2S. The van der Waals surface area contributed by atoms with Crippen LogP contribution in [-0.4, -0.2) is 11.8 Å². The van der Waals surface area contributed by atoms with Crippen molar-refractivity contribution in [3.05, 3.63) is 92.8 Å². The minimum Gasteiger partial charge on any atom is -0.320 e. The van der Waals surface area contributed by atoms with Gasteiger partial charge < -0.3 is 10.6 Å². The summed E-state index contributed by atoms with van der Waals surface area (Å²) < 4.78 is 0. The molecule has 0 bridgehead atoms. The van der Waals surface area contributed by atoms with Crippen LogP contribution in [0.5, 0.6) is 0 Å². The molecule has 3 aromatic rings. The van der Waals surface area contributed by atoms with Crippen LogP contribution in [0.15, 0.2) is 65.7 Å². The fourth-order valence-corrected chi connectivity index (χ4v) is 3.42.